The van der Waals surface area contributed by atoms with Gasteiger partial charge >= 0.3 is 12.1 Å². The fraction of sp³-hybridized carbons (Fsp3) is 0.320. The summed E-state index contributed by atoms with van der Waals surface area (Å²) < 4.78 is 60.4. The number of thiazole rings is 1. The van der Waals surface area contributed by atoms with Crippen molar-refractivity contribution in [1.82, 2.24) is 10.3 Å². The Kier molecular flexibility index (Phi) is 9.76. The van der Waals surface area contributed by atoms with Crippen LogP contribution in [0.4, 0.5) is 24.0 Å². The Hall–Kier alpha value is -3.69. The summed E-state index contributed by atoms with van der Waals surface area (Å²) in [5.74, 6) is -2.80. The molecule has 2 heterocycles. The van der Waals surface area contributed by atoms with Gasteiger partial charge in [0.15, 0.2) is 5.13 Å². The van der Waals surface area contributed by atoms with Crippen LogP contribution in [0, 0.1) is 13.8 Å². The highest BCUT2D eigenvalue weighted by atomic mass is 32.2. The van der Waals surface area contributed by atoms with Crippen LogP contribution in [0.5, 0.6) is 5.75 Å². The van der Waals surface area contributed by atoms with Crippen molar-refractivity contribution in [3.63, 3.8) is 0 Å². The molecule has 1 fully saturated rings. The molecule has 1 aliphatic rings. The third-order valence-electron chi connectivity index (χ3n) is 5.76. The number of aromatic nitrogens is 1. The normalized spacial score (nSPS) is 15.5. The molecule has 216 valence electrons. The van der Waals surface area contributed by atoms with Crippen molar-refractivity contribution >= 4 is 44.1 Å². The Morgan fingerprint density at radius 1 is 1.10 bits per heavy atom. The summed E-state index contributed by atoms with van der Waals surface area (Å²) in [6, 6.07) is 10.8. The number of benzene rings is 2. The van der Waals surface area contributed by atoms with E-state index in [4.69, 9.17) is 9.90 Å². The van der Waals surface area contributed by atoms with Gasteiger partial charge < -0.3 is 20.8 Å². The number of rotatable bonds is 6. The van der Waals surface area contributed by atoms with E-state index in [1.807, 2.05) is 13.0 Å². The number of hydrogen-bond donors (Lipinski definition) is 5. The van der Waals surface area contributed by atoms with Crippen LogP contribution in [0.25, 0.3) is 10.4 Å². The molecule has 3 aromatic rings. The zero-order valence-electron chi connectivity index (χ0n) is 21.4. The van der Waals surface area contributed by atoms with Gasteiger partial charge in [0, 0.05) is 5.69 Å². The Labute approximate surface area is 232 Å². The first kappa shape index (κ1) is 30.8. The third kappa shape index (κ3) is 8.16. The number of piperidine rings is 1. The molecular formula is C25H27F3N4O6S2. The van der Waals surface area contributed by atoms with Crippen molar-refractivity contribution in [3.8, 4) is 16.2 Å². The number of nitrogens with zero attached hydrogens (tertiary/aromatic N) is 1. The predicted octanol–water partition coefficient (Wildman–Crippen LogP) is 4.65. The molecule has 0 saturated carbocycles. The van der Waals surface area contributed by atoms with Crippen molar-refractivity contribution in [2.45, 2.75) is 50.2 Å². The number of alkyl halides is 3. The van der Waals surface area contributed by atoms with E-state index in [2.05, 4.69) is 20.3 Å². The zero-order valence-corrected chi connectivity index (χ0v) is 23.0. The summed E-state index contributed by atoms with van der Waals surface area (Å²) in [7, 11) is -3.85. The lowest BCUT2D eigenvalue weighted by molar-refractivity contribution is -0.192. The predicted molar refractivity (Wildman–Crippen MR) is 144 cm³/mol. The van der Waals surface area contributed by atoms with Gasteiger partial charge in [-0.25, -0.2) is 18.2 Å². The number of anilines is 2. The van der Waals surface area contributed by atoms with Crippen LogP contribution in [0.3, 0.4) is 0 Å². The molecule has 4 rings (SSSR count). The maximum atomic E-state index is 13.1. The third-order valence-corrected chi connectivity index (χ3v) is 8.40. The number of carboxylic acid groups (broad SMARTS) is 1. The highest BCUT2D eigenvalue weighted by molar-refractivity contribution is 7.92. The number of aliphatic carboxylic acids is 1. The Bertz CT molecular complexity index is 1470. The number of aryl methyl sites for hydroxylation is 2. The zero-order chi connectivity index (χ0) is 29.7. The molecule has 1 atom stereocenters. The van der Waals surface area contributed by atoms with Crippen molar-refractivity contribution in [2.75, 3.05) is 16.6 Å². The minimum atomic E-state index is -5.08. The van der Waals surface area contributed by atoms with Gasteiger partial charge in [-0.3, -0.25) is 9.52 Å². The summed E-state index contributed by atoms with van der Waals surface area (Å²) in [5, 5.41) is 23.2. The SMILES string of the molecule is Cc1ccc(-c2sc(NC(=O)C3CCCCN3)nc2C)cc1S(=O)(=O)Nc1ccc(O)cc1.O=C(O)C(F)(F)F. The molecule has 15 heteroatoms. The molecule has 10 nitrogen and oxygen atoms in total. The van der Waals surface area contributed by atoms with Crippen molar-refractivity contribution in [3.05, 3.63) is 53.7 Å². The molecule has 1 amide bonds. The van der Waals surface area contributed by atoms with Gasteiger partial charge in [0.2, 0.25) is 5.91 Å². The van der Waals surface area contributed by atoms with Gasteiger partial charge in [0.05, 0.1) is 21.5 Å². The summed E-state index contributed by atoms with van der Waals surface area (Å²) in [5.41, 5.74) is 2.38. The number of nitrogens with one attached hydrogen (secondary N) is 3. The summed E-state index contributed by atoms with van der Waals surface area (Å²) in [4.78, 5) is 26.9. The number of amides is 1. The average Bonchev–Trinajstić information content (AvgIpc) is 3.25. The van der Waals surface area contributed by atoms with Gasteiger partial charge in [-0.2, -0.15) is 13.2 Å². The number of carbonyl (C=O) groups excluding carboxylic acids is 1. The number of carboxylic acids is 1. The molecule has 0 bridgehead atoms. The molecule has 0 spiro atoms. The largest absolute Gasteiger partial charge is 0.508 e. The molecular weight excluding hydrogens is 573 g/mol. The van der Waals surface area contributed by atoms with E-state index < -0.39 is 22.2 Å². The topological polar surface area (TPSA) is 158 Å². The molecule has 5 N–H and O–H groups in total. The quantitative estimate of drug-likeness (QED) is 0.256. The number of aromatic hydroxyl groups is 1. The number of phenols is 1. The van der Waals surface area contributed by atoms with Gasteiger partial charge in [0.25, 0.3) is 10.0 Å². The molecule has 0 radical (unpaired) electrons. The fourth-order valence-electron chi connectivity index (χ4n) is 3.76. The van der Waals surface area contributed by atoms with Gasteiger partial charge in [-0.1, -0.05) is 29.9 Å². The first-order valence-electron chi connectivity index (χ1n) is 11.9. The first-order valence-corrected chi connectivity index (χ1v) is 14.2. The minimum Gasteiger partial charge on any atom is -0.508 e. The number of phenolic OH excluding ortho intramolecular Hbond substituents is 1. The second-order valence-corrected chi connectivity index (χ2v) is 11.5. The maximum absolute atomic E-state index is 13.1. The van der Waals surface area contributed by atoms with E-state index in [9.17, 15) is 31.5 Å². The Morgan fingerprint density at radius 2 is 1.75 bits per heavy atom. The summed E-state index contributed by atoms with van der Waals surface area (Å²) in [6.45, 7) is 4.40. The van der Waals surface area contributed by atoms with Crippen molar-refractivity contribution in [2.24, 2.45) is 0 Å². The van der Waals surface area contributed by atoms with E-state index in [1.54, 1.807) is 19.1 Å². The van der Waals surface area contributed by atoms with Gasteiger partial charge in [-0.05, 0) is 74.7 Å². The molecule has 1 unspecified atom stereocenters. The molecule has 1 saturated heterocycles. The molecule has 2 aromatic carbocycles. The van der Waals surface area contributed by atoms with Crippen LogP contribution in [0.15, 0.2) is 47.4 Å². The van der Waals surface area contributed by atoms with E-state index >= 15 is 0 Å². The number of hydrogen-bond acceptors (Lipinski definition) is 8. The van der Waals surface area contributed by atoms with Crippen LogP contribution in [0.1, 0.15) is 30.5 Å². The lowest BCUT2D eigenvalue weighted by Crippen LogP contribution is -2.43. The number of sulfonamides is 1. The van der Waals surface area contributed by atoms with Gasteiger partial charge in [0.1, 0.15) is 5.75 Å². The lowest BCUT2D eigenvalue weighted by Gasteiger charge is -2.21. The van der Waals surface area contributed by atoms with Crippen LogP contribution in [0.2, 0.25) is 0 Å². The summed E-state index contributed by atoms with van der Waals surface area (Å²) in [6.07, 6.45) is -2.19. The van der Waals surface area contributed by atoms with E-state index in [1.165, 1.54) is 35.6 Å². The highest BCUT2D eigenvalue weighted by Crippen LogP contribution is 2.35. The number of carbonyl (C=O) groups is 2. The van der Waals surface area contributed by atoms with Gasteiger partial charge in [-0.15, -0.1) is 0 Å². The molecule has 0 aliphatic carbocycles. The minimum absolute atomic E-state index is 0.0546. The van der Waals surface area contributed by atoms with E-state index in [0.29, 0.717) is 27.6 Å². The van der Waals surface area contributed by atoms with Crippen LogP contribution >= 0.6 is 11.3 Å². The van der Waals surface area contributed by atoms with E-state index in [-0.39, 0.29) is 22.6 Å². The Morgan fingerprint density at radius 3 is 2.33 bits per heavy atom. The second kappa shape index (κ2) is 12.7. The fourth-order valence-corrected chi connectivity index (χ4v) is 6.05. The highest BCUT2D eigenvalue weighted by Gasteiger charge is 2.38. The molecule has 1 aromatic heterocycles. The monoisotopic (exact) mass is 600 g/mol. The molecule has 1 aliphatic heterocycles. The van der Waals surface area contributed by atoms with Crippen molar-refractivity contribution in [1.29, 1.82) is 0 Å². The maximum Gasteiger partial charge on any atom is 0.490 e. The van der Waals surface area contributed by atoms with Crippen molar-refractivity contribution < 1.29 is 41.4 Å². The standard InChI is InChI=1S/C23H26N4O4S2.C2HF3O2/c1-14-6-7-16(13-20(14)33(30,31)27-17-8-10-18(28)11-9-17)21-15(2)25-23(32-21)26-22(29)19-5-3-4-12-24-19;3-2(4,5)1(6)7/h6-11,13,19,24,27-28H,3-5,12H2,1-2H3,(H,25,26,29);(H,6,7). The number of halogens is 3. The van der Waals surface area contributed by atoms with Crippen LogP contribution < -0.4 is 15.4 Å². The lowest BCUT2D eigenvalue weighted by atomic mass is 10.0. The summed E-state index contributed by atoms with van der Waals surface area (Å²) >= 11 is 1.32. The van der Waals surface area contributed by atoms with Crippen LogP contribution in [-0.4, -0.2) is 54.3 Å². The molecule has 40 heavy (non-hydrogen) atoms. The second-order valence-electron chi connectivity index (χ2n) is 8.86. The smallest absolute Gasteiger partial charge is 0.490 e. The Balaban J connectivity index is 0.000000559. The first-order chi connectivity index (χ1) is 18.7. The van der Waals surface area contributed by atoms with E-state index in [0.717, 1.165) is 30.7 Å². The average molecular weight is 601 g/mol. The van der Waals surface area contributed by atoms with Crippen LogP contribution in [-0.2, 0) is 19.6 Å².